The van der Waals surface area contributed by atoms with Gasteiger partial charge in [-0.1, -0.05) is 6.07 Å². The molecule has 4 nitrogen and oxygen atoms in total. The molecule has 23 heavy (non-hydrogen) atoms. The van der Waals surface area contributed by atoms with Crippen molar-refractivity contribution in [2.45, 2.75) is 25.1 Å². The molecule has 1 saturated heterocycles. The highest BCUT2D eigenvalue weighted by Gasteiger charge is 2.31. The van der Waals surface area contributed by atoms with Crippen molar-refractivity contribution in [3.63, 3.8) is 0 Å². The predicted octanol–water partition coefficient (Wildman–Crippen LogP) is 3.50. The van der Waals surface area contributed by atoms with Crippen LogP contribution in [0.15, 0.2) is 18.2 Å². The van der Waals surface area contributed by atoms with Gasteiger partial charge in [-0.2, -0.15) is 0 Å². The molecule has 0 atom stereocenters. The van der Waals surface area contributed by atoms with Crippen molar-refractivity contribution in [3.05, 3.63) is 23.8 Å². The van der Waals surface area contributed by atoms with Gasteiger partial charge in [-0.05, 0) is 43.5 Å². The number of alkyl halides is 3. The first-order valence-electron chi connectivity index (χ1n) is 7.22. The van der Waals surface area contributed by atoms with E-state index in [4.69, 9.17) is 9.47 Å². The minimum Gasteiger partial charge on any atom is -0.491 e. The minimum atomic E-state index is -4.71. The third-order valence-electron chi connectivity index (χ3n) is 3.54. The van der Waals surface area contributed by atoms with Crippen molar-refractivity contribution in [1.29, 1.82) is 0 Å². The van der Waals surface area contributed by atoms with Crippen LogP contribution in [0.25, 0.3) is 0 Å². The molecular weight excluding hydrogens is 335 g/mol. The summed E-state index contributed by atoms with van der Waals surface area (Å²) >= 11 is 0. The van der Waals surface area contributed by atoms with E-state index in [2.05, 4.69) is 10.1 Å². The highest BCUT2D eigenvalue weighted by atomic mass is 35.5. The molecule has 132 valence electrons. The second-order valence-electron chi connectivity index (χ2n) is 5.11. The molecular formula is C15H21ClF3NO3. The van der Waals surface area contributed by atoms with E-state index in [1.165, 1.54) is 12.1 Å². The van der Waals surface area contributed by atoms with E-state index in [-0.39, 0.29) is 30.7 Å². The average Bonchev–Trinajstić information content (AvgIpc) is 2.47. The molecule has 0 amide bonds. The molecule has 0 spiro atoms. The fourth-order valence-corrected chi connectivity index (χ4v) is 2.54. The van der Waals surface area contributed by atoms with Gasteiger partial charge < -0.3 is 19.5 Å². The first-order valence-corrected chi connectivity index (χ1v) is 7.22. The second-order valence-corrected chi connectivity index (χ2v) is 5.11. The zero-order valence-electron chi connectivity index (χ0n) is 12.8. The number of hydrogen-bond donors (Lipinski definition) is 1. The maximum atomic E-state index is 12.3. The fourth-order valence-electron chi connectivity index (χ4n) is 2.54. The normalized spacial score (nSPS) is 15.8. The molecule has 0 saturated carbocycles. The summed E-state index contributed by atoms with van der Waals surface area (Å²) in [6.07, 6.45) is -2.85. The molecule has 0 unspecified atom stereocenters. The number of nitrogens with one attached hydrogen (secondary N) is 1. The summed E-state index contributed by atoms with van der Waals surface area (Å²) in [5.74, 6) is 0.446. The summed E-state index contributed by atoms with van der Waals surface area (Å²) in [5.41, 5.74) is 0.923. The molecule has 1 fully saturated rings. The zero-order chi connectivity index (χ0) is 16.0. The van der Waals surface area contributed by atoms with E-state index < -0.39 is 6.36 Å². The number of ether oxygens (including phenoxy) is 3. The first-order chi connectivity index (χ1) is 10.5. The Kier molecular flexibility index (Phi) is 7.94. The lowest BCUT2D eigenvalue weighted by atomic mass is 9.89. The van der Waals surface area contributed by atoms with Crippen molar-refractivity contribution in [3.8, 4) is 11.5 Å². The van der Waals surface area contributed by atoms with Crippen LogP contribution in [-0.2, 0) is 4.74 Å². The Morgan fingerprint density at radius 1 is 1.17 bits per heavy atom. The van der Waals surface area contributed by atoms with Gasteiger partial charge in [-0.15, -0.1) is 25.6 Å². The molecule has 0 radical (unpaired) electrons. The van der Waals surface area contributed by atoms with Crippen LogP contribution in [-0.4, -0.2) is 39.8 Å². The first kappa shape index (κ1) is 19.9. The van der Waals surface area contributed by atoms with Crippen LogP contribution in [0.2, 0.25) is 0 Å². The molecule has 1 aromatic carbocycles. The smallest absolute Gasteiger partial charge is 0.491 e. The van der Waals surface area contributed by atoms with Gasteiger partial charge in [0.1, 0.15) is 18.1 Å². The molecule has 1 N–H and O–H groups in total. The molecule has 0 aliphatic carbocycles. The Morgan fingerprint density at radius 3 is 2.48 bits per heavy atom. The van der Waals surface area contributed by atoms with Crippen LogP contribution in [0.5, 0.6) is 11.5 Å². The third-order valence-corrected chi connectivity index (χ3v) is 3.54. The SMILES string of the molecule is COCCOc1cc(OC(F)(F)F)ccc1C1CCNCC1.Cl. The Hall–Kier alpha value is -1.18. The number of piperidine rings is 1. The van der Waals surface area contributed by atoms with Crippen LogP contribution in [0.1, 0.15) is 24.3 Å². The Balaban J connectivity index is 0.00000264. The van der Waals surface area contributed by atoms with Gasteiger partial charge in [0.15, 0.2) is 0 Å². The lowest BCUT2D eigenvalue weighted by Crippen LogP contribution is -2.27. The summed E-state index contributed by atoms with van der Waals surface area (Å²) in [6, 6.07) is 4.31. The van der Waals surface area contributed by atoms with Gasteiger partial charge in [-0.25, -0.2) is 0 Å². The van der Waals surface area contributed by atoms with Crippen LogP contribution in [0.3, 0.4) is 0 Å². The molecule has 1 heterocycles. The summed E-state index contributed by atoms with van der Waals surface area (Å²) in [6.45, 7) is 2.44. The van der Waals surface area contributed by atoms with E-state index in [1.54, 1.807) is 13.2 Å². The average molecular weight is 356 g/mol. The molecule has 0 bridgehead atoms. The molecule has 1 aliphatic heterocycles. The van der Waals surface area contributed by atoms with Gasteiger partial charge >= 0.3 is 6.36 Å². The Bertz CT molecular complexity index is 480. The van der Waals surface area contributed by atoms with E-state index in [9.17, 15) is 13.2 Å². The molecule has 1 aliphatic rings. The van der Waals surface area contributed by atoms with E-state index in [1.807, 2.05) is 0 Å². The summed E-state index contributed by atoms with van der Waals surface area (Å²) in [4.78, 5) is 0. The summed E-state index contributed by atoms with van der Waals surface area (Å²) in [5, 5.41) is 3.26. The lowest BCUT2D eigenvalue weighted by Gasteiger charge is -2.25. The maximum Gasteiger partial charge on any atom is 0.573 e. The standard InChI is InChI=1S/C15H20F3NO3.ClH/c1-20-8-9-21-14-10-12(22-15(16,17)18)2-3-13(14)11-4-6-19-7-5-11;/h2-3,10-11,19H,4-9H2,1H3;1H. The van der Waals surface area contributed by atoms with Crippen LogP contribution < -0.4 is 14.8 Å². The molecule has 0 aromatic heterocycles. The molecule has 1 aromatic rings. The van der Waals surface area contributed by atoms with Crippen LogP contribution in [0.4, 0.5) is 13.2 Å². The van der Waals surface area contributed by atoms with Gasteiger partial charge in [0, 0.05) is 13.2 Å². The van der Waals surface area contributed by atoms with Crippen LogP contribution in [0, 0.1) is 0 Å². The number of methoxy groups -OCH3 is 1. The van der Waals surface area contributed by atoms with Crippen LogP contribution >= 0.6 is 12.4 Å². The van der Waals surface area contributed by atoms with Gasteiger partial charge in [0.05, 0.1) is 6.61 Å². The predicted molar refractivity (Wildman–Crippen MR) is 82.6 cm³/mol. The maximum absolute atomic E-state index is 12.3. The van der Waals surface area contributed by atoms with E-state index >= 15 is 0 Å². The zero-order valence-corrected chi connectivity index (χ0v) is 13.6. The number of rotatable bonds is 6. The number of hydrogen-bond acceptors (Lipinski definition) is 4. The number of halogens is 4. The second kappa shape index (κ2) is 9.20. The highest BCUT2D eigenvalue weighted by Crippen LogP contribution is 2.36. The summed E-state index contributed by atoms with van der Waals surface area (Å²) < 4.78 is 51.5. The third kappa shape index (κ3) is 6.45. The topological polar surface area (TPSA) is 39.7 Å². The van der Waals surface area contributed by atoms with Gasteiger partial charge in [0.25, 0.3) is 0 Å². The minimum absolute atomic E-state index is 0. The fraction of sp³-hybridized carbons (Fsp3) is 0.600. The van der Waals surface area contributed by atoms with Gasteiger partial charge in [-0.3, -0.25) is 0 Å². The van der Waals surface area contributed by atoms with Crippen molar-refractivity contribution in [2.24, 2.45) is 0 Å². The van der Waals surface area contributed by atoms with Crippen molar-refractivity contribution in [2.75, 3.05) is 33.4 Å². The Morgan fingerprint density at radius 2 is 1.87 bits per heavy atom. The Labute approximate surface area is 139 Å². The van der Waals surface area contributed by atoms with E-state index in [0.29, 0.717) is 12.4 Å². The van der Waals surface area contributed by atoms with Crippen molar-refractivity contribution in [1.82, 2.24) is 5.32 Å². The van der Waals surface area contributed by atoms with Crippen molar-refractivity contribution < 1.29 is 27.4 Å². The quantitative estimate of drug-likeness (QED) is 0.793. The van der Waals surface area contributed by atoms with Crippen molar-refractivity contribution >= 4 is 12.4 Å². The highest BCUT2D eigenvalue weighted by molar-refractivity contribution is 5.85. The largest absolute Gasteiger partial charge is 0.573 e. The van der Waals surface area contributed by atoms with Gasteiger partial charge in [0.2, 0.25) is 0 Å². The van der Waals surface area contributed by atoms with E-state index in [0.717, 1.165) is 31.5 Å². The number of benzene rings is 1. The summed E-state index contributed by atoms with van der Waals surface area (Å²) in [7, 11) is 1.54. The monoisotopic (exact) mass is 355 g/mol. The molecule has 8 heteroatoms. The molecule has 2 rings (SSSR count). The lowest BCUT2D eigenvalue weighted by molar-refractivity contribution is -0.274.